The lowest BCUT2D eigenvalue weighted by Gasteiger charge is -2.25. The lowest BCUT2D eigenvalue weighted by molar-refractivity contribution is 0.459. The Bertz CT molecular complexity index is 351. The molecule has 1 aromatic rings. The van der Waals surface area contributed by atoms with Crippen LogP contribution in [0, 0.1) is 0 Å². The van der Waals surface area contributed by atoms with Gasteiger partial charge < -0.3 is 5.32 Å². The summed E-state index contributed by atoms with van der Waals surface area (Å²) in [7, 11) is 1.99. The van der Waals surface area contributed by atoms with Gasteiger partial charge in [-0.05, 0) is 50.3 Å². The number of benzene rings is 1. The Morgan fingerprint density at radius 3 is 2.44 bits per heavy atom. The maximum absolute atomic E-state index is 4.14. The monoisotopic (exact) mass is 245 g/mol. The first kappa shape index (κ1) is 15.0. The van der Waals surface area contributed by atoms with Crippen molar-refractivity contribution >= 4 is 0 Å². The molecule has 1 aromatic carbocycles. The highest BCUT2D eigenvalue weighted by molar-refractivity contribution is 5.23. The summed E-state index contributed by atoms with van der Waals surface area (Å²) in [5.41, 5.74) is 3.07. The largest absolute Gasteiger partial charge is 0.319 e. The van der Waals surface area contributed by atoms with Gasteiger partial charge in [0.15, 0.2) is 0 Å². The van der Waals surface area contributed by atoms with Crippen molar-refractivity contribution in [3.05, 3.63) is 48.0 Å². The molecule has 0 bridgehead atoms. The number of nitrogens with one attached hydrogen (secondary N) is 1. The van der Waals surface area contributed by atoms with Crippen molar-refractivity contribution in [3.8, 4) is 0 Å². The standard InChI is InChI=1S/C17H27N/c1-15(12-14-18-4)9-8-13-17(2,3)16-10-6-5-7-11-16/h5-7,10-11,18H,1,8-9,12-14H2,2-4H3. The van der Waals surface area contributed by atoms with Crippen molar-refractivity contribution in [2.75, 3.05) is 13.6 Å². The summed E-state index contributed by atoms with van der Waals surface area (Å²) in [4.78, 5) is 0. The highest BCUT2D eigenvalue weighted by Gasteiger charge is 2.19. The quantitative estimate of drug-likeness (QED) is 0.673. The molecule has 0 unspecified atom stereocenters. The van der Waals surface area contributed by atoms with Crippen molar-refractivity contribution in [3.63, 3.8) is 0 Å². The van der Waals surface area contributed by atoms with Gasteiger partial charge in [-0.15, -0.1) is 0 Å². The molecule has 0 saturated carbocycles. The van der Waals surface area contributed by atoms with Gasteiger partial charge in [0.05, 0.1) is 0 Å². The Morgan fingerprint density at radius 1 is 1.17 bits per heavy atom. The second-order valence-electron chi connectivity index (χ2n) is 5.71. The molecular formula is C17H27N. The maximum atomic E-state index is 4.14. The summed E-state index contributed by atoms with van der Waals surface area (Å²) in [5.74, 6) is 0. The Kier molecular flexibility index (Phi) is 6.14. The van der Waals surface area contributed by atoms with Crippen LogP contribution in [-0.2, 0) is 5.41 Å². The molecule has 0 aliphatic carbocycles. The Hall–Kier alpha value is -1.08. The molecule has 0 amide bonds. The van der Waals surface area contributed by atoms with Gasteiger partial charge in [-0.3, -0.25) is 0 Å². The van der Waals surface area contributed by atoms with Crippen molar-refractivity contribution in [2.24, 2.45) is 0 Å². The van der Waals surface area contributed by atoms with E-state index < -0.39 is 0 Å². The predicted molar refractivity (Wildman–Crippen MR) is 81.0 cm³/mol. The van der Waals surface area contributed by atoms with Crippen LogP contribution in [0.3, 0.4) is 0 Å². The summed E-state index contributed by atoms with van der Waals surface area (Å²) >= 11 is 0. The minimum absolute atomic E-state index is 0.268. The van der Waals surface area contributed by atoms with E-state index in [4.69, 9.17) is 0 Å². The van der Waals surface area contributed by atoms with Crippen LogP contribution in [0.5, 0.6) is 0 Å². The topological polar surface area (TPSA) is 12.0 Å². The van der Waals surface area contributed by atoms with E-state index in [1.165, 1.54) is 24.0 Å². The van der Waals surface area contributed by atoms with Crippen molar-refractivity contribution in [1.82, 2.24) is 5.32 Å². The van der Waals surface area contributed by atoms with E-state index in [-0.39, 0.29) is 5.41 Å². The molecule has 1 N–H and O–H groups in total. The van der Waals surface area contributed by atoms with E-state index >= 15 is 0 Å². The van der Waals surface area contributed by atoms with Crippen LogP contribution in [0.2, 0.25) is 0 Å². The van der Waals surface area contributed by atoms with E-state index in [1.54, 1.807) is 0 Å². The van der Waals surface area contributed by atoms with E-state index in [0.717, 1.165) is 19.4 Å². The molecule has 0 spiro atoms. The third kappa shape index (κ3) is 5.05. The predicted octanol–water partition coefficient (Wildman–Crippen LogP) is 4.30. The average Bonchev–Trinajstić information content (AvgIpc) is 2.37. The van der Waals surface area contributed by atoms with Gasteiger partial charge in [-0.25, -0.2) is 0 Å². The Balaban J connectivity index is 2.36. The molecule has 0 saturated heterocycles. The molecule has 0 aliphatic heterocycles. The molecule has 18 heavy (non-hydrogen) atoms. The molecule has 0 aliphatic rings. The molecule has 1 nitrogen and oxygen atoms in total. The van der Waals surface area contributed by atoms with Crippen LogP contribution >= 0.6 is 0 Å². The summed E-state index contributed by atoms with van der Waals surface area (Å²) in [5, 5.41) is 3.17. The van der Waals surface area contributed by atoms with E-state index in [1.807, 2.05) is 7.05 Å². The third-order valence-corrected chi connectivity index (χ3v) is 3.62. The van der Waals surface area contributed by atoms with Crippen LogP contribution in [0.1, 0.15) is 45.1 Å². The van der Waals surface area contributed by atoms with Crippen molar-refractivity contribution in [1.29, 1.82) is 0 Å². The van der Waals surface area contributed by atoms with Gasteiger partial charge in [-0.2, -0.15) is 0 Å². The highest BCUT2D eigenvalue weighted by Crippen LogP contribution is 2.29. The van der Waals surface area contributed by atoms with Gasteiger partial charge >= 0.3 is 0 Å². The molecule has 0 aromatic heterocycles. The lowest BCUT2D eigenvalue weighted by atomic mass is 9.80. The fourth-order valence-electron chi connectivity index (χ4n) is 2.24. The van der Waals surface area contributed by atoms with E-state index in [2.05, 4.69) is 56.1 Å². The summed E-state index contributed by atoms with van der Waals surface area (Å²) in [6.45, 7) is 9.85. The van der Waals surface area contributed by atoms with Gasteiger partial charge in [0.1, 0.15) is 0 Å². The molecule has 0 radical (unpaired) electrons. The lowest BCUT2D eigenvalue weighted by Crippen LogP contribution is -2.17. The minimum Gasteiger partial charge on any atom is -0.319 e. The zero-order chi connectivity index (χ0) is 13.4. The molecular weight excluding hydrogens is 218 g/mol. The minimum atomic E-state index is 0.268. The first-order chi connectivity index (χ1) is 8.56. The molecule has 1 rings (SSSR count). The van der Waals surface area contributed by atoms with Gasteiger partial charge in [0.25, 0.3) is 0 Å². The van der Waals surface area contributed by atoms with Gasteiger partial charge in [-0.1, -0.05) is 56.3 Å². The maximum Gasteiger partial charge on any atom is -0.00147 e. The van der Waals surface area contributed by atoms with Crippen molar-refractivity contribution < 1.29 is 0 Å². The molecule has 0 heterocycles. The highest BCUT2D eigenvalue weighted by atomic mass is 14.8. The van der Waals surface area contributed by atoms with E-state index in [0.29, 0.717) is 0 Å². The summed E-state index contributed by atoms with van der Waals surface area (Å²) in [6, 6.07) is 10.8. The zero-order valence-electron chi connectivity index (χ0n) is 12.1. The van der Waals surface area contributed by atoms with E-state index in [9.17, 15) is 0 Å². The summed E-state index contributed by atoms with van der Waals surface area (Å²) < 4.78 is 0. The van der Waals surface area contributed by atoms with Crippen LogP contribution in [0.4, 0.5) is 0 Å². The third-order valence-electron chi connectivity index (χ3n) is 3.62. The molecule has 100 valence electrons. The molecule has 0 atom stereocenters. The zero-order valence-corrected chi connectivity index (χ0v) is 12.1. The van der Waals surface area contributed by atoms with Gasteiger partial charge in [0, 0.05) is 0 Å². The smallest absolute Gasteiger partial charge is 0.00147 e. The average molecular weight is 245 g/mol. The Labute approximate surface area is 112 Å². The molecule has 0 fully saturated rings. The van der Waals surface area contributed by atoms with Crippen LogP contribution in [0.15, 0.2) is 42.5 Å². The second kappa shape index (κ2) is 7.38. The van der Waals surface area contributed by atoms with Crippen LogP contribution < -0.4 is 5.32 Å². The van der Waals surface area contributed by atoms with Crippen LogP contribution in [0.25, 0.3) is 0 Å². The Morgan fingerprint density at radius 2 is 1.83 bits per heavy atom. The molecule has 1 heteroatoms. The number of hydrogen-bond donors (Lipinski definition) is 1. The fraction of sp³-hybridized carbons (Fsp3) is 0.529. The fourth-order valence-corrected chi connectivity index (χ4v) is 2.24. The first-order valence-electron chi connectivity index (χ1n) is 6.93. The first-order valence-corrected chi connectivity index (χ1v) is 6.93. The number of hydrogen-bond acceptors (Lipinski definition) is 1. The SMILES string of the molecule is C=C(CCCC(C)(C)c1ccccc1)CCNC. The normalized spacial score (nSPS) is 11.5. The second-order valence-corrected chi connectivity index (χ2v) is 5.71. The van der Waals surface area contributed by atoms with Gasteiger partial charge in [0.2, 0.25) is 0 Å². The van der Waals surface area contributed by atoms with Crippen LogP contribution in [-0.4, -0.2) is 13.6 Å². The van der Waals surface area contributed by atoms with Crippen molar-refractivity contribution in [2.45, 2.75) is 44.9 Å². The summed E-state index contributed by atoms with van der Waals surface area (Å²) in [6.07, 6.45) is 4.69. The number of rotatable bonds is 8.